The Kier molecular flexibility index (Phi) is 10.4. The van der Waals surface area contributed by atoms with Crippen molar-refractivity contribution in [2.24, 2.45) is 0 Å². The Morgan fingerprint density at radius 1 is 0.767 bits per heavy atom. The average molecular weight is 413 g/mol. The zero-order chi connectivity index (χ0) is 21.7. The molecule has 30 heavy (non-hydrogen) atoms. The van der Waals surface area contributed by atoms with Crippen molar-refractivity contribution in [3.63, 3.8) is 0 Å². The van der Waals surface area contributed by atoms with Gasteiger partial charge < -0.3 is 9.47 Å². The first kappa shape index (κ1) is 24.4. The minimum Gasteiger partial charge on any atom is -0.491 e. The van der Waals surface area contributed by atoms with Gasteiger partial charge in [-0.25, -0.2) is 0 Å². The van der Waals surface area contributed by atoms with Crippen molar-refractivity contribution in [3.8, 4) is 5.75 Å². The number of quaternary nitrogens is 1. The number of nitrogens with zero attached hydrogens (tertiary/aromatic N) is 1. The molecule has 2 rings (SSSR count). The molecule has 0 heterocycles. The Morgan fingerprint density at radius 3 is 2.03 bits per heavy atom. The third-order valence-electron chi connectivity index (χ3n) is 6.23. The van der Waals surface area contributed by atoms with Crippen molar-refractivity contribution < 1.29 is 14.0 Å². The van der Waals surface area contributed by atoms with Gasteiger partial charge in [-0.3, -0.25) is 4.48 Å². The molecule has 0 saturated heterocycles. The number of ether oxygens (including phenoxy) is 2. The fourth-order valence-electron chi connectivity index (χ4n) is 3.89. The normalized spacial score (nSPS) is 13.7. The lowest BCUT2D eigenvalue weighted by atomic mass is 10.1. The van der Waals surface area contributed by atoms with Gasteiger partial charge in [0.05, 0.1) is 20.2 Å². The third-order valence-corrected chi connectivity index (χ3v) is 6.23. The van der Waals surface area contributed by atoms with E-state index in [0.29, 0.717) is 13.2 Å². The average Bonchev–Trinajstić information content (AvgIpc) is 2.75. The standard InChI is InChI=1S/C27H42NO2/c1-5-6-7-8-9-16-21-28(4,24-25-17-12-10-13-18-25)27(2,3)30-23-22-29-26-19-14-11-15-20-26/h10-15,17-20H,5-9,16,21-24H2,1-4H3/q+1. The Bertz CT molecular complexity index is 687. The van der Waals surface area contributed by atoms with E-state index < -0.39 is 0 Å². The number of rotatable bonds is 15. The predicted molar refractivity (Wildman–Crippen MR) is 127 cm³/mol. The van der Waals surface area contributed by atoms with Gasteiger partial charge >= 0.3 is 0 Å². The van der Waals surface area contributed by atoms with Gasteiger partial charge in [0.1, 0.15) is 18.9 Å². The summed E-state index contributed by atoms with van der Waals surface area (Å²) in [5, 5.41) is 0. The molecule has 0 fully saturated rings. The summed E-state index contributed by atoms with van der Waals surface area (Å²) in [6.45, 7) is 9.98. The lowest BCUT2D eigenvalue weighted by molar-refractivity contribution is -0.991. The molecule has 166 valence electrons. The minimum atomic E-state index is -0.292. The van der Waals surface area contributed by atoms with Crippen LogP contribution in [0.15, 0.2) is 60.7 Å². The van der Waals surface area contributed by atoms with Crippen LogP contribution in [0.25, 0.3) is 0 Å². The van der Waals surface area contributed by atoms with Gasteiger partial charge in [-0.15, -0.1) is 0 Å². The molecule has 0 N–H and O–H groups in total. The highest BCUT2D eigenvalue weighted by Crippen LogP contribution is 2.29. The first-order chi connectivity index (χ1) is 14.5. The van der Waals surface area contributed by atoms with Crippen molar-refractivity contribution in [2.75, 3.05) is 26.8 Å². The summed E-state index contributed by atoms with van der Waals surface area (Å²) in [6.07, 6.45) is 7.89. The molecule has 2 aromatic carbocycles. The number of benzene rings is 2. The highest BCUT2D eigenvalue weighted by molar-refractivity contribution is 5.20. The lowest BCUT2D eigenvalue weighted by Crippen LogP contribution is -2.60. The molecule has 0 aromatic heterocycles. The highest BCUT2D eigenvalue weighted by Gasteiger charge is 2.40. The van der Waals surface area contributed by atoms with Crippen LogP contribution in [0.1, 0.15) is 64.9 Å². The van der Waals surface area contributed by atoms with Crippen LogP contribution in [-0.4, -0.2) is 37.0 Å². The SMILES string of the molecule is CCCCCCCC[N+](C)(Cc1ccccc1)C(C)(C)OCCOc1ccccc1. The smallest absolute Gasteiger partial charge is 0.197 e. The quantitative estimate of drug-likeness (QED) is 0.181. The van der Waals surface area contributed by atoms with E-state index in [4.69, 9.17) is 9.47 Å². The number of unbranched alkanes of at least 4 members (excludes halogenated alkanes) is 5. The van der Waals surface area contributed by atoms with Crippen molar-refractivity contribution in [3.05, 3.63) is 66.2 Å². The van der Waals surface area contributed by atoms with Crippen molar-refractivity contribution in [2.45, 2.75) is 71.6 Å². The molecule has 0 saturated carbocycles. The van der Waals surface area contributed by atoms with E-state index in [0.717, 1.165) is 23.3 Å². The maximum absolute atomic E-state index is 6.43. The number of hydrogen-bond acceptors (Lipinski definition) is 2. The second-order valence-electron chi connectivity index (χ2n) is 8.99. The van der Waals surface area contributed by atoms with E-state index in [2.05, 4.69) is 58.2 Å². The summed E-state index contributed by atoms with van der Waals surface area (Å²) in [6, 6.07) is 20.8. The molecule has 3 heteroatoms. The Hall–Kier alpha value is -1.84. The second kappa shape index (κ2) is 12.8. The van der Waals surface area contributed by atoms with Crippen LogP contribution in [0.3, 0.4) is 0 Å². The van der Waals surface area contributed by atoms with Gasteiger partial charge in [-0.2, -0.15) is 0 Å². The molecule has 1 atom stereocenters. The maximum Gasteiger partial charge on any atom is 0.197 e. The van der Waals surface area contributed by atoms with Gasteiger partial charge in [0.25, 0.3) is 0 Å². The van der Waals surface area contributed by atoms with Crippen LogP contribution in [0, 0.1) is 0 Å². The maximum atomic E-state index is 6.43. The fraction of sp³-hybridized carbons (Fsp3) is 0.556. The summed E-state index contributed by atoms with van der Waals surface area (Å²) in [5.41, 5.74) is 1.07. The van der Waals surface area contributed by atoms with Crippen LogP contribution in [-0.2, 0) is 11.3 Å². The van der Waals surface area contributed by atoms with E-state index in [-0.39, 0.29) is 5.72 Å². The molecule has 0 aliphatic rings. The highest BCUT2D eigenvalue weighted by atomic mass is 16.5. The van der Waals surface area contributed by atoms with E-state index >= 15 is 0 Å². The Balaban J connectivity index is 1.93. The van der Waals surface area contributed by atoms with E-state index in [1.807, 2.05) is 30.3 Å². The number of para-hydroxylation sites is 1. The van der Waals surface area contributed by atoms with E-state index in [1.54, 1.807) is 0 Å². The molecule has 0 spiro atoms. The molecule has 2 aromatic rings. The predicted octanol–water partition coefficient (Wildman–Crippen LogP) is 6.83. The monoisotopic (exact) mass is 412 g/mol. The van der Waals surface area contributed by atoms with Gasteiger partial charge in [-0.1, -0.05) is 81.1 Å². The van der Waals surface area contributed by atoms with E-state index in [9.17, 15) is 0 Å². The van der Waals surface area contributed by atoms with Crippen LogP contribution in [0.4, 0.5) is 0 Å². The molecule has 3 nitrogen and oxygen atoms in total. The third kappa shape index (κ3) is 8.12. The molecule has 0 bridgehead atoms. The zero-order valence-electron chi connectivity index (χ0n) is 19.6. The van der Waals surface area contributed by atoms with Crippen molar-refractivity contribution in [1.82, 2.24) is 0 Å². The Morgan fingerprint density at radius 2 is 1.37 bits per heavy atom. The topological polar surface area (TPSA) is 18.5 Å². The molecule has 0 aliphatic carbocycles. The number of hydrogen-bond donors (Lipinski definition) is 0. The largest absolute Gasteiger partial charge is 0.491 e. The first-order valence-electron chi connectivity index (χ1n) is 11.7. The zero-order valence-corrected chi connectivity index (χ0v) is 19.6. The van der Waals surface area contributed by atoms with E-state index in [1.165, 1.54) is 44.1 Å². The molecular formula is C27H42NO2+. The van der Waals surface area contributed by atoms with Crippen LogP contribution < -0.4 is 4.74 Å². The summed E-state index contributed by atoms with van der Waals surface area (Å²) >= 11 is 0. The van der Waals surface area contributed by atoms with Crippen molar-refractivity contribution in [1.29, 1.82) is 0 Å². The molecule has 0 amide bonds. The molecule has 1 unspecified atom stereocenters. The van der Waals surface area contributed by atoms with Gasteiger partial charge in [0, 0.05) is 19.4 Å². The molecular weight excluding hydrogens is 370 g/mol. The van der Waals surface area contributed by atoms with Gasteiger partial charge in [0.2, 0.25) is 0 Å². The minimum absolute atomic E-state index is 0.292. The van der Waals surface area contributed by atoms with Crippen LogP contribution in [0.5, 0.6) is 5.75 Å². The van der Waals surface area contributed by atoms with Gasteiger partial charge in [-0.05, 0) is 25.0 Å². The molecule has 0 radical (unpaired) electrons. The summed E-state index contributed by atoms with van der Waals surface area (Å²) in [7, 11) is 2.34. The summed E-state index contributed by atoms with van der Waals surface area (Å²) in [5.74, 6) is 0.896. The Labute approximate surface area is 184 Å². The van der Waals surface area contributed by atoms with Crippen molar-refractivity contribution >= 4 is 0 Å². The van der Waals surface area contributed by atoms with Gasteiger partial charge in [0.15, 0.2) is 5.72 Å². The first-order valence-corrected chi connectivity index (χ1v) is 11.7. The summed E-state index contributed by atoms with van der Waals surface area (Å²) < 4.78 is 13.1. The van der Waals surface area contributed by atoms with Crippen LogP contribution in [0.2, 0.25) is 0 Å². The molecule has 0 aliphatic heterocycles. The lowest BCUT2D eigenvalue weighted by Gasteiger charge is -2.47. The summed E-state index contributed by atoms with van der Waals surface area (Å²) in [4.78, 5) is 0. The second-order valence-corrected chi connectivity index (χ2v) is 8.99. The van der Waals surface area contributed by atoms with Crippen LogP contribution >= 0.6 is 0 Å². The fourth-order valence-corrected chi connectivity index (χ4v) is 3.89.